The molecule has 0 aromatic carbocycles. The first-order chi connectivity index (χ1) is 6.70. The van der Waals surface area contributed by atoms with Crippen LogP contribution in [0.15, 0.2) is 0 Å². The number of likely N-dealkylation sites (N-methyl/N-ethyl adjacent to an activating group) is 1. The molecule has 0 aromatic rings. The van der Waals surface area contributed by atoms with Crippen LogP contribution in [0.5, 0.6) is 0 Å². The minimum Gasteiger partial charge on any atom is -0.327 e. The Labute approximate surface area is 96.2 Å². The molecule has 92 valence electrons. The van der Waals surface area contributed by atoms with E-state index in [-0.39, 0.29) is 11.5 Å². The summed E-state index contributed by atoms with van der Waals surface area (Å²) in [6.45, 7) is 18.0. The van der Waals surface area contributed by atoms with Crippen molar-refractivity contribution in [1.29, 1.82) is 0 Å². The molecule has 0 rings (SSSR count). The number of hydrogen-bond acceptors (Lipinski definition) is 2. The van der Waals surface area contributed by atoms with Crippen molar-refractivity contribution in [2.24, 2.45) is 17.1 Å². The third-order valence-electron chi connectivity index (χ3n) is 2.78. The Morgan fingerprint density at radius 3 is 1.80 bits per heavy atom. The molecule has 0 aliphatic carbocycles. The molecule has 0 radical (unpaired) electrons. The fraction of sp³-hybridized carbons (Fsp3) is 1.00. The predicted octanol–water partition coefficient (Wildman–Crippen LogP) is 2.73. The summed E-state index contributed by atoms with van der Waals surface area (Å²) in [4.78, 5) is 2.52. The molecule has 0 fully saturated rings. The largest absolute Gasteiger partial charge is 0.327 e. The monoisotopic (exact) mass is 214 g/mol. The minimum absolute atomic E-state index is 0.226. The van der Waals surface area contributed by atoms with Gasteiger partial charge >= 0.3 is 0 Å². The van der Waals surface area contributed by atoms with Gasteiger partial charge in [-0.25, -0.2) is 0 Å². The van der Waals surface area contributed by atoms with E-state index in [0.717, 1.165) is 13.1 Å². The lowest BCUT2D eigenvalue weighted by Crippen LogP contribution is -2.54. The number of rotatable bonds is 5. The van der Waals surface area contributed by atoms with Gasteiger partial charge in [0.15, 0.2) is 0 Å². The van der Waals surface area contributed by atoms with Crippen LogP contribution in [-0.4, -0.2) is 30.1 Å². The lowest BCUT2D eigenvalue weighted by atomic mass is 9.81. The quantitative estimate of drug-likeness (QED) is 0.762. The first-order valence-corrected chi connectivity index (χ1v) is 6.19. The summed E-state index contributed by atoms with van der Waals surface area (Å²) in [6.07, 6.45) is 0. The highest BCUT2D eigenvalue weighted by molar-refractivity contribution is 4.89. The first kappa shape index (κ1) is 14.9. The maximum absolute atomic E-state index is 6.13. The highest BCUT2D eigenvalue weighted by Crippen LogP contribution is 2.26. The van der Waals surface area contributed by atoms with E-state index in [1.807, 2.05) is 0 Å². The van der Waals surface area contributed by atoms with Crippen LogP contribution in [0, 0.1) is 11.3 Å². The molecule has 0 saturated heterocycles. The molecule has 0 aliphatic rings. The first-order valence-electron chi connectivity index (χ1n) is 6.19. The second kappa shape index (κ2) is 5.86. The minimum atomic E-state index is 0.226. The van der Waals surface area contributed by atoms with Crippen molar-refractivity contribution in [1.82, 2.24) is 4.90 Å². The zero-order valence-electron chi connectivity index (χ0n) is 11.7. The molecule has 0 saturated carbocycles. The molecule has 0 aliphatic heterocycles. The van der Waals surface area contributed by atoms with Crippen molar-refractivity contribution in [3.63, 3.8) is 0 Å². The van der Waals surface area contributed by atoms with Crippen LogP contribution in [0.1, 0.15) is 48.5 Å². The molecule has 2 unspecified atom stereocenters. The van der Waals surface area contributed by atoms with Crippen molar-refractivity contribution in [3.8, 4) is 0 Å². The molecule has 2 heteroatoms. The maximum atomic E-state index is 6.13. The summed E-state index contributed by atoms with van der Waals surface area (Å²) < 4.78 is 0. The standard InChI is InChI=1S/C13H30N2/c1-8-15(9-10(2)3)12(11(4)14)13(5,6)7/h10-12H,8-9,14H2,1-7H3. The second-order valence-corrected chi connectivity index (χ2v) is 6.15. The zero-order valence-corrected chi connectivity index (χ0v) is 11.7. The summed E-state index contributed by atoms with van der Waals surface area (Å²) in [5, 5.41) is 0. The summed E-state index contributed by atoms with van der Waals surface area (Å²) in [7, 11) is 0. The number of hydrogen-bond donors (Lipinski definition) is 1. The van der Waals surface area contributed by atoms with Gasteiger partial charge in [0, 0.05) is 18.6 Å². The van der Waals surface area contributed by atoms with Gasteiger partial charge in [0.25, 0.3) is 0 Å². The van der Waals surface area contributed by atoms with Gasteiger partial charge in [-0.2, -0.15) is 0 Å². The normalized spacial score (nSPS) is 17.2. The topological polar surface area (TPSA) is 29.3 Å². The Bertz CT molecular complexity index is 168. The Kier molecular flexibility index (Phi) is 5.82. The summed E-state index contributed by atoms with van der Waals surface area (Å²) in [6, 6.07) is 0.689. The van der Waals surface area contributed by atoms with Gasteiger partial charge in [0.1, 0.15) is 0 Å². The van der Waals surface area contributed by atoms with Gasteiger partial charge < -0.3 is 5.73 Å². The lowest BCUT2D eigenvalue weighted by Gasteiger charge is -2.43. The van der Waals surface area contributed by atoms with Gasteiger partial charge in [-0.1, -0.05) is 41.5 Å². The highest BCUT2D eigenvalue weighted by atomic mass is 15.2. The molecular formula is C13H30N2. The molecule has 0 spiro atoms. The molecular weight excluding hydrogens is 184 g/mol. The van der Waals surface area contributed by atoms with Crippen LogP contribution >= 0.6 is 0 Å². The average Bonchev–Trinajstić information content (AvgIpc) is 1.98. The van der Waals surface area contributed by atoms with Crippen LogP contribution in [-0.2, 0) is 0 Å². The van der Waals surface area contributed by atoms with Crippen LogP contribution < -0.4 is 5.73 Å². The zero-order chi connectivity index (χ0) is 12.2. The third-order valence-corrected chi connectivity index (χ3v) is 2.78. The van der Waals surface area contributed by atoms with E-state index >= 15 is 0 Å². The fourth-order valence-corrected chi connectivity index (χ4v) is 2.58. The average molecular weight is 214 g/mol. The molecule has 15 heavy (non-hydrogen) atoms. The van der Waals surface area contributed by atoms with E-state index in [0.29, 0.717) is 12.0 Å². The molecule has 0 amide bonds. The molecule has 0 aromatic heterocycles. The van der Waals surface area contributed by atoms with Crippen molar-refractivity contribution in [2.75, 3.05) is 13.1 Å². The van der Waals surface area contributed by atoms with Crippen molar-refractivity contribution in [2.45, 2.75) is 60.5 Å². The van der Waals surface area contributed by atoms with Crippen LogP contribution in [0.2, 0.25) is 0 Å². The van der Waals surface area contributed by atoms with Gasteiger partial charge in [0.05, 0.1) is 0 Å². The molecule has 0 bridgehead atoms. The number of nitrogens with two attached hydrogens (primary N) is 1. The SMILES string of the molecule is CCN(CC(C)C)C(C(C)N)C(C)(C)C. The van der Waals surface area contributed by atoms with Crippen molar-refractivity contribution in [3.05, 3.63) is 0 Å². The Balaban J connectivity index is 4.71. The van der Waals surface area contributed by atoms with Gasteiger partial charge in [-0.05, 0) is 24.8 Å². The lowest BCUT2D eigenvalue weighted by molar-refractivity contribution is 0.0763. The highest BCUT2D eigenvalue weighted by Gasteiger charge is 2.32. The van der Waals surface area contributed by atoms with Gasteiger partial charge in [-0.3, -0.25) is 4.90 Å². The summed E-state index contributed by atoms with van der Waals surface area (Å²) in [5.74, 6) is 0.702. The van der Waals surface area contributed by atoms with Crippen LogP contribution in [0.4, 0.5) is 0 Å². The van der Waals surface area contributed by atoms with Gasteiger partial charge in [-0.15, -0.1) is 0 Å². The Morgan fingerprint density at radius 1 is 1.13 bits per heavy atom. The Morgan fingerprint density at radius 2 is 1.60 bits per heavy atom. The second-order valence-electron chi connectivity index (χ2n) is 6.15. The van der Waals surface area contributed by atoms with E-state index < -0.39 is 0 Å². The summed E-state index contributed by atoms with van der Waals surface area (Å²) in [5.41, 5.74) is 6.38. The van der Waals surface area contributed by atoms with Crippen LogP contribution in [0.25, 0.3) is 0 Å². The fourth-order valence-electron chi connectivity index (χ4n) is 2.58. The van der Waals surface area contributed by atoms with E-state index in [2.05, 4.69) is 53.4 Å². The smallest absolute Gasteiger partial charge is 0.0292 e. The van der Waals surface area contributed by atoms with E-state index in [4.69, 9.17) is 5.73 Å². The molecule has 0 heterocycles. The third kappa shape index (κ3) is 4.98. The van der Waals surface area contributed by atoms with E-state index in [1.54, 1.807) is 0 Å². The molecule has 2 atom stereocenters. The van der Waals surface area contributed by atoms with Crippen LogP contribution in [0.3, 0.4) is 0 Å². The van der Waals surface area contributed by atoms with Crippen molar-refractivity contribution < 1.29 is 0 Å². The molecule has 2 nitrogen and oxygen atoms in total. The van der Waals surface area contributed by atoms with E-state index in [1.165, 1.54) is 0 Å². The maximum Gasteiger partial charge on any atom is 0.0292 e. The van der Waals surface area contributed by atoms with Gasteiger partial charge in [0.2, 0.25) is 0 Å². The summed E-state index contributed by atoms with van der Waals surface area (Å²) >= 11 is 0. The van der Waals surface area contributed by atoms with E-state index in [9.17, 15) is 0 Å². The molecule has 2 N–H and O–H groups in total. The number of nitrogens with zero attached hydrogens (tertiary/aromatic N) is 1. The Hall–Kier alpha value is -0.0800. The predicted molar refractivity (Wildman–Crippen MR) is 69.0 cm³/mol. The van der Waals surface area contributed by atoms with Crippen molar-refractivity contribution >= 4 is 0 Å².